The summed E-state index contributed by atoms with van der Waals surface area (Å²) in [6.07, 6.45) is 0. The van der Waals surface area contributed by atoms with E-state index in [1.165, 1.54) is 11.0 Å². The molecule has 1 N–H and O–H groups in total. The van der Waals surface area contributed by atoms with E-state index in [2.05, 4.69) is 5.32 Å². The van der Waals surface area contributed by atoms with Crippen LogP contribution in [0.4, 0.5) is 5.69 Å². The van der Waals surface area contributed by atoms with Crippen LogP contribution in [0.3, 0.4) is 0 Å². The maximum atomic E-state index is 12.5. The minimum atomic E-state index is -0.601. The number of carbonyl (C=O) groups excluding carboxylic acids is 1. The third kappa shape index (κ3) is 2.46. The van der Waals surface area contributed by atoms with E-state index in [1.54, 1.807) is 19.1 Å². The third-order valence-electron chi connectivity index (χ3n) is 3.30. The van der Waals surface area contributed by atoms with Crippen molar-refractivity contribution in [3.8, 4) is 6.07 Å². The number of amides is 1. The number of nitro benzene ring substituents is 1. The summed E-state index contributed by atoms with van der Waals surface area (Å²) in [5.41, 5.74) is 0.286. The van der Waals surface area contributed by atoms with Gasteiger partial charge in [0, 0.05) is 25.2 Å². The molecule has 0 radical (unpaired) electrons. The van der Waals surface area contributed by atoms with Gasteiger partial charge in [-0.1, -0.05) is 12.1 Å². The van der Waals surface area contributed by atoms with Crippen LogP contribution < -0.4 is 5.32 Å². The zero-order valence-corrected chi connectivity index (χ0v) is 11.0. The molecule has 1 atom stereocenters. The number of nitriles is 1. The van der Waals surface area contributed by atoms with Crippen molar-refractivity contribution < 1.29 is 9.72 Å². The molecule has 1 aliphatic heterocycles. The topological polar surface area (TPSA) is 99.3 Å². The molecule has 104 valence electrons. The van der Waals surface area contributed by atoms with Crippen molar-refractivity contribution in [2.75, 3.05) is 19.6 Å². The van der Waals surface area contributed by atoms with Gasteiger partial charge >= 0.3 is 0 Å². The lowest BCUT2D eigenvalue weighted by Gasteiger charge is -2.31. The second kappa shape index (κ2) is 5.67. The molecular formula is C13H14N4O3. The first kappa shape index (κ1) is 14.0. The van der Waals surface area contributed by atoms with Crippen LogP contribution in [-0.4, -0.2) is 41.4 Å². The fraction of sp³-hybridized carbons (Fsp3) is 0.385. The average Bonchev–Trinajstić information content (AvgIpc) is 2.45. The Morgan fingerprint density at radius 1 is 1.60 bits per heavy atom. The smallest absolute Gasteiger partial charge is 0.285 e. The summed E-state index contributed by atoms with van der Waals surface area (Å²) in [7, 11) is 0. The first-order chi connectivity index (χ1) is 9.56. The maximum absolute atomic E-state index is 12.5. The number of carbonyl (C=O) groups is 1. The van der Waals surface area contributed by atoms with Crippen molar-refractivity contribution in [1.82, 2.24) is 10.2 Å². The fourth-order valence-corrected chi connectivity index (χ4v) is 2.29. The number of hydrogen-bond donors (Lipinski definition) is 1. The van der Waals surface area contributed by atoms with Crippen LogP contribution in [-0.2, 0) is 0 Å². The van der Waals surface area contributed by atoms with Gasteiger partial charge < -0.3 is 10.2 Å². The molecule has 1 saturated heterocycles. The summed E-state index contributed by atoms with van der Waals surface area (Å²) >= 11 is 0. The van der Waals surface area contributed by atoms with E-state index in [1.807, 2.05) is 6.07 Å². The monoisotopic (exact) mass is 274 g/mol. The van der Waals surface area contributed by atoms with E-state index in [4.69, 9.17) is 5.26 Å². The highest BCUT2D eigenvalue weighted by Gasteiger charge is 2.31. The number of aryl methyl sites for hydroxylation is 1. The molecule has 0 aromatic heterocycles. The lowest BCUT2D eigenvalue weighted by Crippen LogP contribution is -2.53. The van der Waals surface area contributed by atoms with E-state index >= 15 is 0 Å². The van der Waals surface area contributed by atoms with E-state index in [-0.39, 0.29) is 11.3 Å². The van der Waals surface area contributed by atoms with Crippen LogP contribution in [0.1, 0.15) is 15.9 Å². The molecule has 20 heavy (non-hydrogen) atoms. The lowest BCUT2D eigenvalue weighted by molar-refractivity contribution is -0.385. The molecule has 1 aliphatic rings. The summed E-state index contributed by atoms with van der Waals surface area (Å²) in [6.45, 7) is 2.90. The standard InChI is InChI=1S/C13H14N4O3/c1-9-3-2-4-11(12(9)17(19)20)13(18)16-6-5-15-8-10(16)7-14/h2-4,10,15H,5-6,8H2,1H3. The summed E-state index contributed by atoms with van der Waals surface area (Å²) < 4.78 is 0. The van der Waals surface area contributed by atoms with Crippen LogP contribution in [0, 0.1) is 28.4 Å². The molecule has 0 aliphatic carbocycles. The molecule has 0 bridgehead atoms. The van der Waals surface area contributed by atoms with Crippen molar-refractivity contribution >= 4 is 11.6 Å². The second-order valence-electron chi connectivity index (χ2n) is 4.58. The fourth-order valence-electron chi connectivity index (χ4n) is 2.29. The van der Waals surface area contributed by atoms with Gasteiger partial charge in [0.2, 0.25) is 0 Å². The highest BCUT2D eigenvalue weighted by atomic mass is 16.6. The van der Waals surface area contributed by atoms with Gasteiger partial charge in [-0.15, -0.1) is 0 Å². The Morgan fingerprint density at radius 2 is 2.35 bits per heavy atom. The summed E-state index contributed by atoms with van der Waals surface area (Å²) in [6, 6.07) is 6.08. The summed E-state index contributed by atoms with van der Waals surface area (Å²) in [4.78, 5) is 24.5. The molecule has 1 heterocycles. The summed E-state index contributed by atoms with van der Waals surface area (Å²) in [5.74, 6) is -0.464. The average molecular weight is 274 g/mol. The van der Waals surface area contributed by atoms with Crippen LogP contribution in [0.2, 0.25) is 0 Å². The minimum Gasteiger partial charge on any atom is -0.320 e. The first-order valence-electron chi connectivity index (χ1n) is 6.21. The third-order valence-corrected chi connectivity index (χ3v) is 3.30. The Hall–Kier alpha value is -2.46. The number of nitrogens with one attached hydrogen (secondary N) is 1. The molecule has 0 spiro atoms. The van der Waals surface area contributed by atoms with E-state index in [9.17, 15) is 14.9 Å². The van der Waals surface area contributed by atoms with Crippen LogP contribution in [0.15, 0.2) is 18.2 Å². The van der Waals surface area contributed by atoms with Gasteiger partial charge in [-0.25, -0.2) is 0 Å². The van der Waals surface area contributed by atoms with Gasteiger partial charge in [0.05, 0.1) is 11.0 Å². The van der Waals surface area contributed by atoms with Crippen molar-refractivity contribution in [3.63, 3.8) is 0 Å². The Bertz CT molecular complexity index is 594. The molecule has 2 rings (SSSR count). The lowest BCUT2D eigenvalue weighted by atomic mass is 10.1. The summed E-state index contributed by atoms with van der Waals surface area (Å²) in [5, 5.41) is 23.2. The zero-order chi connectivity index (χ0) is 14.7. The Labute approximate surface area is 115 Å². The quantitative estimate of drug-likeness (QED) is 0.636. The number of hydrogen-bond acceptors (Lipinski definition) is 5. The van der Waals surface area contributed by atoms with Crippen LogP contribution in [0.25, 0.3) is 0 Å². The molecule has 1 fully saturated rings. The molecule has 1 aromatic rings. The Morgan fingerprint density at radius 3 is 3.00 bits per heavy atom. The molecule has 1 amide bonds. The number of para-hydroxylation sites is 1. The largest absolute Gasteiger partial charge is 0.320 e. The van der Waals surface area contributed by atoms with Crippen LogP contribution in [0.5, 0.6) is 0 Å². The van der Waals surface area contributed by atoms with Crippen LogP contribution >= 0.6 is 0 Å². The van der Waals surface area contributed by atoms with E-state index < -0.39 is 16.9 Å². The Kier molecular flexibility index (Phi) is 3.96. The number of rotatable bonds is 2. The van der Waals surface area contributed by atoms with Crippen molar-refractivity contribution in [3.05, 3.63) is 39.4 Å². The molecule has 7 nitrogen and oxygen atoms in total. The molecule has 0 saturated carbocycles. The minimum absolute atomic E-state index is 0.0390. The number of benzene rings is 1. The van der Waals surface area contributed by atoms with E-state index in [0.717, 1.165) is 0 Å². The Balaban J connectivity index is 2.41. The van der Waals surface area contributed by atoms with Crippen molar-refractivity contribution in [1.29, 1.82) is 5.26 Å². The van der Waals surface area contributed by atoms with Gasteiger partial charge in [-0.3, -0.25) is 14.9 Å². The number of nitro groups is 1. The first-order valence-corrected chi connectivity index (χ1v) is 6.21. The van der Waals surface area contributed by atoms with Gasteiger partial charge in [0.25, 0.3) is 11.6 Å². The SMILES string of the molecule is Cc1cccc(C(=O)N2CCNCC2C#N)c1[N+](=O)[O-]. The number of piperazine rings is 1. The number of nitrogens with zero attached hydrogens (tertiary/aromatic N) is 3. The maximum Gasteiger partial charge on any atom is 0.285 e. The highest BCUT2D eigenvalue weighted by Crippen LogP contribution is 2.25. The van der Waals surface area contributed by atoms with Gasteiger partial charge in [-0.2, -0.15) is 5.26 Å². The van der Waals surface area contributed by atoms with Crippen molar-refractivity contribution in [2.24, 2.45) is 0 Å². The van der Waals surface area contributed by atoms with Gasteiger partial charge in [0.1, 0.15) is 11.6 Å². The second-order valence-corrected chi connectivity index (χ2v) is 4.58. The zero-order valence-electron chi connectivity index (χ0n) is 11.0. The van der Waals surface area contributed by atoms with E-state index in [0.29, 0.717) is 25.2 Å². The predicted molar refractivity (Wildman–Crippen MR) is 71.1 cm³/mol. The highest BCUT2D eigenvalue weighted by molar-refractivity contribution is 5.99. The molecule has 1 aromatic carbocycles. The van der Waals surface area contributed by atoms with Crippen molar-refractivity contribution in [2.45, 2.75) is 13.0 Å². The molecule has 1 unspecified atom stereocenters. The molecular weight excluding hydrogens is 260 g/mol. The molecule has 7 heteroatoms. The van der Waals surface area contributed by atoms with Gasteiger partial charge in [-0.05, 0) is 13.0 Å². The predicted octanol–water partition coefficient (Wildman–Crippen LogP) is 0.841. The normalized spacial score (nSPS) is 18.4. The van der Waals surface area contributed by atoms with Gasteiger partial charge in [0.15, 0.2) is 0 Å².